The fourth-order valence-corrected chi connectivity index (χ4v) is 3.93. The van der Waals surface area contributed by atoms with E-state index >= 15 is 0 Å². The van der Waals surface area contributed by atoms with Crippen LogP contribution in [-0.2, 0) is 0 Å². The van der Waals surface area contributed by atoms with Crippen molar-refractivity contribution in [3.05, 3.63) is 35.6 Å². The van der Waals surface area contributed by atoms with Crippen molar-refractivity contribution in [2.75, 3.05) is 39.3 Å². The molecular formula is C19H30FN3. The molecule has 3 rings (SSSR count). The molecule has 1 N–H and O–H groups in total. The molecule has 0 amide bonds. The Kier molecular flexibility index (Phi) is 6.03. The number of rotatable bonds is 4. The van der Waals surface area contributed by atoms with Crippen LogP contribution in [0.1, 0.15) is 44.2 Å². The van der Waals surface area contributed by atoms with E-state index < -0.39 is 0 Å². The monoisotopic (exact) mass is 319 g/mol. The van der Waals surface area contributed by atoms with E-state index in [-0.39, 0.29) is 5.82 Å². The second-order valence-corrected chi connectivity index (χ2v) is 7.13. The smallest absolute Gasteiger partial charge is 0.123 e. The van der Waals surface area contributed by atoms with Gasteiger partial charge in [-0.2, -0.15) is 0 Å². The summed E-state index contributed by atoms with van der Waals surface area (Å²) in [4.78, 5) is 5.20. The summed E-state index contributed by atoms with van der Waals surface area (Å²) < 4.78 is 13.3. The zero-order valence-corrected chi connectivity index (χ0v) is 14.3. The standard InChI is InChI=1S/C19H30FN3/c1-16-14-23(13-10-21-16)19(17-6-8-18(20)9-7-17)15-22-11-4-2-3-5-12-22/h6-9,16,19,21H,2-5,10-15H2,1H3. The van der Waals surface area contributed by atoms with E-state index in [1.165, 1.54) is 44.3 Å². The van der Waals surface area contributed by atoms with Crippen molar-refractivity contribution in [3.8, 4) is 0 Å². The maximum atomic E-state index is 13.3. The maximum absolute atomic E-state index is 13.3. The largest absolute Gasteiger partial charge is 0.312 e. The van der Waals surface area contributed by atoms with Gasteiger partial charge in [0.1, 0.15) is 5.82 Å². The molecule has 23 heavy (non-hydrogen) atoms. The lowest BCUT2D eigenvalue weighted by molar-refractivity contribution is 0.110. The van der Waals surface area contributed by atoms with E-state index in [4.69, 9.17) is 0 Å². The number of hydrogen-bond donors (Lipinski definition) is 1. The van der Waals surface area contributed by atoms with Gasteiger partial charge in [-0.25, -0.2) is 4.39 Å². The van der Waals surface area contributed by atoms with Crippen LogP contribution in [0, 0.1) is 5.82 Å². The Morgan fingerprint density at radius 2 is 1.78 bits per heavy atom. The van der Waals surface area contributed by atoms with Gasteiger partial charge >= 0.3 is 0 Å². The van der Waals surface area contributed by atoms with E-state index in [1.54, 1.807) is 12.1 Å². The molecule has 128 valence electrons. The van der Waals surface area contributed by atoms with Gasteiger partial charge in [0, 0.05) is 38.3 Å². The molecule has 1 aromatic carbocycles. The molecule has 2 aliphatic heterocycles. The average molecular weight is 319 g/mol. The molecule has 0 aliphatic carbocycles. The molecule has 2 atom stereocenters. The zero-order valence-electron chi connectivity index (χ0n) is 14.3. The van der Waals surface area contributed by atoms with Crippen LogP contribution in [0.3, 0.4) is 0 Å². The highest BCUT2D eigenvalue weighted by atomic mass is 19.1. The Labute approximate surface area is 139 Å². The fraction of sp³-hybridized carbons (Fsp3) is 0.684. The molecular weight excluding hydrogens is 289 g/mol. The zero-order chi connectivity index (χ0) is 16.1. The third kappa shape index (κ3) is 4.75. The predicted molar refractivity (Wildman–Crippen MR) is 93.1 cm³/mol. The number of hydrogen-bond acceptors (Lipinski definition) is 3. The molecule has 4 heteroatoms. The Morgan fingerprint density at radius 3 is 2.43 bits per heavy atom. The van der Waals surface area contributed by atoms with Gasteiger partial charge in [-0.3, -0.25) is 4.90 Å². The topological polar surface area (TPSA) is 18.5 Å². The molecule has 0 saturated carbocycles. The Hall–Kier alpha value is -0.970. The van der Waals surface area contributed by atoms with Crippen LogP contribution in [0.5, 0.6) is 0 Å². The second kappa shape index (κ2) is 8.22. The van der Waals surface area contributed by atoms with Crippen LogP contribution in [-0.4, -0.2) is 55.1 Å². The molecule has 1 aromatic rings. The lowest BCUT2D eigenvalue weighted by Gasteiger charge is -2.40. The summed E-state index contributed by atoms with van der Waals surface area (Å²) in [6.45, 7) is 8.91. The lowest BCUT2D eigenvalue weighted by Crippen LogP contribution is -2.52. The Bertz CT molecular complexity index is 468. The average Bonchev–Trinajstić information content (AvgIpc) is 2.82. The van der Waals surface area contributed by atoms with Gasteiger partial charge in [-0.1, -0.05) is 25.0 Å². The van der Waals surface area contributed by atoms with Crippen LogP contribution in [0.25, 0.3) is 0 Å². The van der Waals surface area contributed by atoms with Crippen molar-refractivity contribution in [2.24, 2.45) is 0 Å². The number of halogens is 1. The van der Waals surface area contributed by atoms with Gasteiger partial charge in [0.25, 0.3) is 0 Å². The SMILES string of the molecule is CC1CN(C(CN2CCCCCC2)c2ccc(F)cc2)CCN1. The highest BCUT2D eigenvalue weighted by Gasteiger charge is 2.27. The van der Waals surface area contributed by atoms with Crippen molar-refractivity contribution in [2.45, 2.75) is 44.7 Å². The minimum absolute atomic E-state index is 0.143. The molecule has 2 unspecified atom stereocenters. The van der Waals surface area contributed by atoms with Crippen LogP contribution >= 0.6 is 0 Å². The van der Waals surface area contributed by atoms with Crippen molar-refractivity contribution in [1.29, 1.82) is 0 Å². The van der Waals surface area contributed by atoms with Gasteiger partial charge < -0.3 is 10.2 Å². The summed E-state index contributed by atoms with van der Waals surface area (Å²) in [6, 6.07) is 8.07. The van der Waals surface area contributed by atoms with Crippen molar-refractivity contribution in [3.63, 3.8) is 0 Å². The summed E-state index contributed by atoms with van der Waals surface area (Å²) >= 11 is 0. The van der Waals surface area contributed by atoms with E-state index in [1.807, 2.05) is 12.1 Å². The van der Waals surface area contributed by atoms with E-state index in [2.05, 4.69) is 22.0 Å². The normalized spacial score (nSPS) is 25.9. The molecule has 2 heterocycles. The number of benzene rings is 1. The van der Waals surface area contributed by atoms with E-state index in [9.17, 15) is 4.39 Å². The first-order chi connectivity index (χ1) is 11.2. The molecule has 2 fully saturated rings. The highest BCUT2D eigenvalue weighted by Crippen LogP contribution is 2.25. The van der Waals surface area contributed by atoms with Crippen molar-refractivity contribution in [1.82, 2.24) is 15.1 Å². The third-order valence-electron chi connectivity index (χ3n) is 5.23. The van der Waals surface area contributed by atoms with Gasteiger partial charge in [-0.05, 0) is 50.6 Å². The first kappa shape index (κ1) is 16.9. The van der Waals surface area contributed by atoms with Gasteiger partial charge in [0.05, 0.1) is 0 Å². The van der Waals surface area contributed by atoms with Crippen LogP contribution in [0.2, 0.25) is 0 Å². The van der Waals surface area contributed by atoms with Gasteiger partial charge in [0.2, 0.25) is 0 Å². The second-order valence-electron chi connectivity index (χ2n) is 7.13. The molecule has 3 nitrogen and oxygen atoms in total. The number of nitrogens with one attached hydrogen (secondary N) is 1. The minimum Gasteiger partial charge on any atom is -0.312 e. The van der Waals surface area contributed by atoms with Crippen LogP contribution in [0.4, 0.5) is 4.39 Å². The minimum atomic E-state index is -0.143. The summed E-state index contributed by atoms with van der Waals surface area (Å²) in [5.41, 5.74) is 1.25. The summed E-state index contributed by atoms with van der Waals surface area (Å²) in [7, 11) is 0. The number of nitrogens with zero attached hydrogens (tertiary/aromatic N) is 2. The summed E-state index contributed by atoms with van der Waals surface area (Å²) in [5, 5.41) is 3.53. The van der Waals surface area contributed by atoms with Crippen LogP contribution in [0.15, 0.2) is 24.3 Å². The van der Waals surface area contributed by atoms with E-state index in [0.717, 1.165) is 26.2 Å². The first-order valence-corrected chi connectivity index (χ1v) is 9.17. The van der Waals surface area contributed by atoms with Crippen molar-refractivity contribution >= 4 is 0 Å². The molecule has 2 aliphatic rings. The molecule has 0 spiro atoms. The number of piperazine rings is 1. The lowest BCUT2D eigenvalue weighted by atomic mass is 10.0. The third-order valence-corrected chi connectivity index (χ3v) is 5.23. The predicted octanol–water partition coefficient (Wildman–Crippen LogP) is 3.04. The molecule has 0 bridgehead atoms. The van der Waals surface area contributed by atoms with Gasteiger partial charge in [-0.15, -0.1) is 0 Å². The van der Waals surface area contributed by atoms with Crippen LogP contribution < -0.4 is 5.32 Å². The van der Waals surface area contributed by atoms with Crippen molar-refractivity contribution < 1.29 is 4.39 Å². The Balaban J connectivity index is 1.75. The fourth-order valence-electron chi connectivity index (χ4n) is 3.93. The first-order valence-electron chi connectivity index (χ1n) is 9.17. The quantitative estimate of drug-likeness (QED) is 0.920. The molecule has 0 radical (unpaired) electrons. The van der Waals surface area contributed by atoms with E-state index in [0.29, 0.717) is 12.1 Å². The number of likely N-dealkylation sites (tertiary alicyclic amines) is 1. The molecule has 0 aromatic heterocycles. The molecule has 2 saturated heterocycles. The Morgan fingerprint density at radius 1 is 1.09 bits per heavy atom. The summed E-state index contributed by atoms with van der Waals surface area (Å²) in [5.74, 6) is -0.143. The summed E-state index contributed by atoms with van der Waals surface area (Å²) in [6.07, 6.45) is 5.35. The highest BCUT2D eigenvalue weighted by molar-refractivity contribution is 5.21. The van der Waals surface area contributed by atoms with Gasteiger partial charge in [0.15, 0.2) is 0 Å². The maximum Gasteiger partial charge on any atom is 0.123 e.